The SMILES string of the molecule is C.CC(C)CCCC(C)CCOC(C)(C)CCCC(C)CCO. The highest BCUT2D eigenvalue weighted by Gasteiger charge is 2.18. The molecule has 0 rings (SSSR count). The van der Waals surface area contributed by atoms with Gasteiger partial charge in [-0.1, -0.05) is 67.2 Å². The van der Waals surface area contributed by atoms with Crippen molar-refractivity contribution in [3.8, 4) is 0 Å². The van der Waals surface area contributed by atoms with Gasteiger partial charge in [-0.3, -0.25) is 0 Å². The van der Waals surface area contributed by atoms with E-state index in [-0.39, 0.29) is 13.0 Å². The van der Waals surface area contributed by atoms with Crippen LogP contribution in [-0.2, 0) is 4.74 Å². The van der Waals surface area contributed by atoms with Crippen LogP contribution in [-0.4, -0.2) is 23.9 Å². The molecule has 0 aliphatic rings. The van der Waals surface area contributed by atoms with E-state index in [4.69, 9.17) is 9.84 Å². The molecule has 2 nitrogen and oxygen atoms in total. The molecule has 0 heterocycles. The third-order valence-electron chi connectivity index (χ3n) is 4.68. The highest BCUT2D eigenvalue weighted by molar-refractivity contribution is 4.70. The van der Waals surface area contributed by atoms with Crippen LogP contribution < -0.4 is 0 Å². The minimum absolute atomic E-state index is 0. The van der Waals surface area contributed by atoms with Gasteiger partial charge in [0.15, 0.2) is 0 Å². The van der Waals surface area contributed by atoms with Crippen LogP contribution in [0.15, 0.2) is 0 Å². The summed E-state index contributed by atoms with van der Waals surface area (Å²) in [6, 6.07) is 0. The molecule has 23 heavy (non-hydrogen) atoms. The molecule has 2 atom stereocenters. The molecule has 0 fully saturated rings. The maximum Gasteiger partial charge on any atom is 0.0626 e. The molecule has 0 bridgehead atoms. The van der Waals surface area contributed by atoms with Crippen molar-refractivity contribution in [1.82, 2.24) is 0 Å². The van der Waals surface area contributed by atoms with Crippen LogP contribution >= 0.6 is 0 Å². The minimum Gasteiger partial charge on any atom is -0.396 e. The fourth-order valence-corrected chi connectivity index (χ4v) is 2.87. The van der Waals surface area contributed by atoms with Crippen molar-refractivity contribution in [2.24, 2.45) is 17.8 Å². The van der Waals surface area contributed by atoms with Crippen molar-refractivity contribution in [2.45, 2.75) is 106 Å². The average Bonchev–Trinajstić information content (AvgIpc) is 2.38. The van der Waals surface area contributed by atoms with Crippen molar-refractivity contribution in [3.05, 3.63) is 0 Å². The number of hydrogen-bond acceptors (Lipinski definition) is 2. The lowest BCUT2D eigenvalue weighted by Crippen LogP contribution is -2.25. The molecule has 142 valence electrons. The standard InChI is InChI=1S/C20H42O2.CH4/c1-17(2)9-7-10-19(4)13-16-22-20(5,6)14-8-11-18(3)12-15-21;/h17-19,21H,7-16H2,1-6H3;1H4. The van der Waals surface area contributed by atoms with Gasteiger partial charge in [0.1, 0.15) is 0 Å². The molecule has 0 aromatic rings. The first-order valence-electron chi connectivity index (χ1n) is 9.51. The van der Waals surface area contributed by atoms with Gasteiger partial charge in [0.2, 0.25) is 0 Å². The zero-order valence-electron chi connectivity index (χ0n) is 16.2. The van der Waals surface area contributed by atoms with Gasteiger partial charge >= 0.3 is 0 Å². The Morgan fingerprint density at radius 3 is 1.96 bits per heavy atom. The second-order valence-corrected chi connectivity index (χ2v) is 8.34. The van der Waals surface area contributed by atoms with Gasteiger partial charge in [-0.15, -0.1) is 0 Å². The van der Waals surface area contributed by atoms with Crippen molar-refractivity contribution >= 4 is 0 Å². The van der Waals surface area contributed by atoms with Gasteiger partial charge in [-0.25, -0.2) is 0 Å². The average molecular weight is 331 g/mol. The molecular weight excluding hydrogens is 284 g/mol. The Bertz CT molecular complexity index is 248. The molecule has 0 spiro atoms. The molecule has 2 unspecified atom stereocenters. The smallest absolute Gasteiger partial charge is 0.0626 e. The van der Waals surface area contributed by atoms with E-state index in [0.29, 0.717) is 12.5 Å². The predicted molar refractivity (Wildman–Crippen MR) is 104 cm³/mol. The predicted octanol–water partition coefficient (Wildman–Crippen LogP) is 6.46. The van der Waals surface area contributed by atoms with Gasteiger partial charge < -0.3 is 9.84 Å². The van der Waals surface area contributed by atoms with Crippen molar-refractivity contribution in [2.75, 3.05) is 13.2 Å². The van der Waals surface area contributed by atoms with Crippen LogP contribution in [0.4, 0.5) is 0 Å². The quantitative estimate of drug-likeness (QED) is 0.396. The molecular formula is C21H46O2. The Kier molecular flexibility index (Phi) is 15.6. The summed E-state index contributed by atoms with van der Waals surface area (Å²) in [6.45, 7) is 14.8. The second kappa shape index (κ2) is 14.3. The minimum atomic E-state index is -0.00339. The molecule has 0 aliphatic carbocycles. The van der Waals surface area contributed by atoms with Crippen molar-refractivity contribution in [3.63, 3.8) is 0 Å². The lowest BCUT2D eigenvalue weighted by atomic mass is 9.95. The number of ether oxygens (including phenoxy) is 1. The zero-order valence-corrected chi connectivity index (χ0v) is 16.2. The van der Waals surface area contributed by atoms with E-state index in [1.165, 1.54) is 38.5 Å². The summed E-state index contributed by atoms with van der Waals surface area (Å²) >= 11 is 0. The first-order chi connectivity index (χ1) is 10.3. The summed E-state index contributed by atoms with van der Waals surface area (Å²) < 4.78 is 6.12. The van der Waals surface area contributed by atoms with E-state index in [1.54, 1.807) is 0 Å². The van der Waals surface area contributed by atoms with Gasteiger partial charge in [-0.2, -0.15) is 0 Å². The van der Waals surface area contributed by atoms with Crippen LogP contribution in [0.1, 0.15) is 100 Å². The topological polar surface area (TPSA) is 29.5 Å². The summed E-state index contributed by atoms with van der Waals surface area (Å²) in [5.74, 6) is 2.23. The Balaban J connectivity index is 0. The van der Waals surface area contributed by atoms with Crippen LogP contribution in [0.25, 0.3) is 0 Å². The van der Waals surface area contributed by atoms with E-state index < -0.39 is 0 Å². The number of aliphatic hydroxyl groups excluding tert-OH is 1. The Morgan fingerprint density at radius 1 is 0.826 bits per heavy atom. The Hall–Kier alpha value is -0.0800. The molecule has 0 aromatic heterocycles. The van der Waals surface area contributed by atoms with Gasteiger partial charge in [0, 0.05) is 13.2 Å². The van der Waals surface area contributed by atoms with Gasteiger partial charge in [0.05, 0.1) is 5.60 Å². The van der Waals surface area contributed by atoms with Crippen LogP contribution in [0.2, 0.25) is 0 Å². The van der Waals surface area contributed by atoms with E-state index >= 15 is 0 Å². The summed E-state index contributed by atoms with van der Waals surface area (Å²) in [5, 5.41) is 8.93. The summed E-state index contributed by atoms with van der Waals surface area (Å²) in [6.07, 6.45) is 9.65. The van der Waals surface area contributed by atoms with Crippen LogP contribution in [0, 0.1) is 17.8 Å². The van der Waals surface area contributed by atoms with Crippen LogP contribution in [0.5, 0.6) is 0 Å². The normalized spacial score (nSPS) is 14.6. The highest BCUT2D eigenvalue weighted by atomic mass is 16.5. The number of rotatable bonds is 14. The molecule has 1 N–H and O–H groups in total. The molecule has 0 amide bonds. The molecule has 0 aliphatic heterocycles. The van der Waals surface area contributed by atoms with E-state index in [1.807, 2.05) is 0 Å². The largest absolute Gasteiger partial charge is 0.396 e. The lowest BCUT2D eigenvalue weighted by molar-refractivity contribution is -0.0307. The van der Waals surface area contributed by atoms with Crippen LogP contribution in [0.3, 0.4) is 0 Å². The highest BCUT2D eigenvalue weighted by Crippen LogP contribution is 2.22. The van der Waals surface area contributed by atoms with Crippen molar-refractivity contribution < 1.29 is 9.84 Å². The van der Waals surface area contributed by atoms with E-state index in [2.05, 4.69) is 41.5 Å². The first-order valence-corrected chi connectivity index (χ1v) is 9.51. The number of aliphatic hydroxyl groups is 1. The fraction of sp³-hybridized carbons (Fsp3) is 1.00. The first kappa shape index (κ1) is 25.2. The molecule has 2 heteroatoms. The maximum absolute atomic E-state index is 8.93. The molecule has 0 aromatic carbocycles. The lowest BCUT2D eigenvalue weighted by Gasteiger charge is -2.27. The number of hydrogen-bond donors (Lipinski definition) is 1. The zero-order chi connectivity index (χ0) is 17.0. The fourth-order valence-electron chi connectivity index (χ4n) is 2.87. The monoisotopic (exact) mass is 330 g/mol. The summed E-state index contributed by atoms with van der Waals surface area (Å²) in [4.78, 5) is 0. The van der Waals surface area contributed by atoms with Gasteiger partial charge in [-0.05, 0) is 50.9 Å². The van der Waals surface area contributed by atoms with E-state index in [0.717, 1.165) is 31.3 Å². The second-order valence-electron chi connectivity index (χ2n) is 8.34. The molecule has 0 radical (unpaired) electrons. The Labute approximate surface area is 147 Å². The summed E-state index contributed by atoms with van der Waals surface area (Å²) in [5.41, 5.74) is -0.00339. The Morgan fingerprint density at radius 2 is 1.39 bits per heavy atom. The van der Waals surface area contributed by atoms with E-state index in [9.17, 15) is 0 Å². The maximum atomic E-state index is 8.93. The molecule has 0 saturated carbocycles. The summed E-state index contributed by atoms with van der Waals surface area (Å²) in [7, 11) is 0. The molecule has 0 saturated heterocycles. The van der Waals surface area contributed by atoms with Crippen molar-refractivity contribution in [1.29, 1.82) is 0 Å². The third-order valence-corrected chi connectivity index (χ3v) is 4.68. The van der Waals surface area contributed by atoms with Gasteiger partial charge in [0.25, 0.3) is 0 Å². The third kappa shape index (κ3) is 16.6.